The average molecular weight is 318 g/mol. The number of thioether (sulfide) groups is 1. The molecule has 1 aliphatic rings. The molecule has 1 aromatic heterocycles. The van der Waals surface area contributed by atoms with Crippen LogP contribution in [0.1, 0.15) is 19.2 Å². The lowest BCUT2D eigenvalue weighted by Gasteiger charge is -2.06. The summed E-state index contributed by atoms with van der Waals surface area (Å²) in [6.45, 7) is 3.50. The van der Waals surface area contributed by atoms with E-state index >= 15 is 0 Å². The highest BCUT2D eigenvalue weighted by molar-refractivity contribution is 7.99. The van der Waals surface area contributed by atoms with Crippen LogP contribution >= 0.6 is 11.8 Å². The highest BCUT2D eigenvalue weighted by atomic mass is 32.2. The van der Waals surface area contributed by atoms with Crippen LogP contribution < -0.4 is 10.1 Å². The topological polar surface area (TPSA) is 69.0 Å². The lowest BCUT2D eigenvalue weighted by Crippen LogP contribution is -2.14. The molecule has 0 radical (unpaired) electrons. The minimum absolute atomic E-state index is 0.0656. The monoisotopic (exact) mass is 318 g/mol. The van der Waals surface area contributed by atoms with E-state index in [2.05, 4.69) is 15.4 Å². The Kier molecular flexibility index (Phi) is 4.62. The Morgan fingerprint density at radius 3 is 2.95 bits per heavy atom. The molecule has 116 valence electrons. The van der Waals surface area contributed by atoms with Gasteiger partial charge in [0.2, 0.25) is 11.1 Å². The number of aromatic nitrogens is 3. The summed E-state index contributed by atoms with van der Waals surface area (Å²) in [5.41, 5.74) is 0.759. The van der Waals surface area contributed by atoms with Crippen LogP contribution in [-0.4, -0.2) is 33.0 Å². The number of nitrogens with one attached hydrogen (secondary N) is 1. The van der Waals surface area contributed by atoms with Gasteiger partial charge in [0.1, 0.15) is 11.6 Å². The smallest absolute Gasteiger partial charge is 0.234 e. The first-order valence-corrected chi connectivity index (χ1v) is 8.32. The molecule has 1 amide bonds. The predicted molar refractivity (Wildman–Crippen MR) is 85.3 cm³/mol. The number of carbonyl (C=O) groups excluding carboxylic acids is 1. The molecule has 0 spiro atoms. The van der Waals surface area contributed by atoms with E-state index in [1.807, 2.05) is 35.9 Å². The normalized spacial score (nSPS) is 13.0. The van der Waals surface area contributed by atoms with Crippen molar-refractivity contribution in [3.63, 3.8) is 0 Å². The Labute approximate surface area is 133 Å². The fraction of sp³-hybridized carbons (Fsp3) is 0.400. The van der Waals surface area contributed by atoms with E-state index in [4.69, 9.17) is 4.74 Å². The molecule has 0 fully saturated rings. The average Bonchev–Trinajstić information content (AvgIpc) is 3.08. The maximum Gasteiger partial charge on any atom is 0.234 e. The van der Waals surface area contributed by atoms with Crippen molar-refractivity contribution >= 4 is 23.4 Å². The van der Waals surface area contributed by atoms with Gasteiger partial charge in [-0.3, -0.25) is 4.79 Å². The number of benzene rings is 1. The van der Waals surface area contributed by atoms with Gasteiger partial charge in [0, 0.05) is 18.7 Å². The van der Waals surface area contributed by atoms with Crippen LogP contribution in [0.15, 0.2) is 29.4 Å². The Balaban J connectivity index is 1.49. The molecule has 6 nitrogen and oxygen atoms in total. The molecule has 0 aliphatic carbocycles. The first-order chi connectivity index (χ1) is 10.7. The second-order valence-corrected chi connectivity index (χ2v) is 5.87. The van der Waals surface area contributed by atoms with E-state index in [0.29, 0.717) is 17.5 Å². The van der Waals surface area contributed by atoms with Crippen molar-refractivity contribution in [2.24, 2.45) is 0 Å². The van der Waals surface area contributed by atoms with Gasteiger partial charge in [-0.1, -0.05) is 11.8 Å². The standard InChI is InChI=1S/C15H18N4O2S/c1-2-21-12-7-5-11(6-8-12)16-14(20)10-22-15-17-13-4-3-9-19(13)18-15/h5-8H,2-4,9-10H2,1H3,(H,16,20). The molecule has 1 N–H and O–H groups in total. The van der Waals surface area contributed by atoms with Crippen LogP contribution in [0.4, 0.5) is 5.69 Å². The quantitative estimate of drug-likeness (QED) is 0.828. The minimum Gasteiger partial charge on any atom is -0.494 e. The molecule has 0 saturated heterocycles. The van der Waals surface area contributed by atoms with Crippen molar-refractivity contribution in [3.8, 4) is 5.75 Å². The van der Waals surface area contributed by atoms with Gasteiger partial charge in [-0.05, 0) is 37.6 Å². The summed E-state index contributed by atoms with van der Waals surface area (Å²) >= 11 is 1.36. The highest BCUT2D eigenvalue weighted by Gasteiger charge is 2.16. The summed E-state index contributed by atoms with van der Waals surface area (Å²) in [7, 11) is 0. The van der Waals surface area contributed by atoms with Gasteiger partial charge in [0.15, 0.2) is 0 Å². The van der Waals surface area contributed by atoms with Gasteiger partial charge in [0.25, 0.3) is 0 Å². The van der Waals surface area contributed by atoms with Crippen molar-refractivity contribution in [3.05, 3.63) is 30.1 Å². The van der Waals surface area contributed by atoms with Gasteiger partial charge < -0.3 is 10.1 Å². The van der Waals surface area contributed by atoms with E-state index in [1.165, 1.54) is 11.8 Å². The molecule has 0 atom stereocenters. The van der Waals surface area contributed by atoms with E-state index in [1.54, 1.807) is 0 Å². The molecular weight excluding hydrogens is 300 g/mol. The number of nitrogens with zero attached hydrogens (tertiary/aromatic N) is 3. The second-order valence-electron chi connectivity index (χ2n) is 4.93. The van der Waals surface area contributed by atoms with E-state index < -0.39 is 0 Å². The van der Waals surface area contributed by atoms with Crippen LogP contribution in [0.25, 0.3) is 0 Å². The SMILES string of the molecule is CCOc1ccc(NC(=O)CSc2nc3n(n2)CCC3)cc1. The van der Waals surface area contributed by atoms with Crippen molar-refractivity contribution in [2.75, 3.05) is 17.7 Å². The van der Waals surface area contributed by atoms with Gasteiger partial charge in [-0.2, -0.15) is 0 Å². The molecule has 1 aromatic carbocycles. The Hall–Kier alpha value is -2.02. The third-order valence-corrected chi connectivity index (χ3v) is 4.12. The van der Waals surface area contributed by atoms with Gasteiger partial charge in [0.05, 0.1) is 12.4 Å². The van der Waals surface area contributed by atoms with Crippen LogP contribution in [0.5, 0.6) is 5.75 Å². The summed E-state index contributed by atoms with van der Waals surface area (Å²) in [5.74, 6) is 2.06. The molecule has 2 aromatic rings. The summed E-state index contributed by atoms with van der Waals surface area (Å²) in [6, 6.07) is 7.34. The summed E-state index contributed by atoms with van der Waals surface area (Å²) in [5, 5.41) is 7.90. The maximum atomic E-state index is 11.9. The zero-order valence-electron chi connectivity index (χ0n) is 12.4. The number of hydrogen-bond acceptors (Lipinski definition) is 5. The van der Waals surface area contributed by atoms with E-state index in [0.717, 1.165) is 36.6 Å². The molecule has 22 heavy (non-hydrogen) atoms. The second kappa shape index (κ2) is 6.83. The van der Waals surface area contributed by atoms with E-state index in [9.17, 15) is 4.79 Å². The number of fused-ring (bicyclic) bond motifs is 1. The number of aryl methyl sites for hydroxylation is 2. The molecule has 7 heteroatoms. The Morgan fingerprint density at radius 1 is 1.41 bits per heavy atom. The number of hydrogen-bond donors (Lipinski definition) is 1. The first-order valence-electron chi connectivity index (χ1n) is 7.34. The third kappa shape index (κ3) is 3.59. The fourth-order valence-corrected chi connectivity index (χ4v) is 2.95. The third-order valence-electron chi connectivity index (χ3n) is 3.28. The lowest BCUT2D eigenvalue weighted by molar-refractivity contribution is -0.113. The fourth-order valence-electron chi connectivity index (χ4n) is 2.29. The van der Waals surface area contributed by atoms with Crippen LogP contribution in [0, 0.1) is 0 Å². The lowest BCUT2D eigenvalue weighted by atomic mass is 10.3. The van der Waals surface area contributed by atoms with Crippen molar-refractivity contribution in [2.45, 2.75) is 31.5 Å². The molecule has 0 unspecified atom stereocenters. The Morgan fingerprint density at radius 2 is 2.23 bits per heavy atom. The number of carbonyl (C=O) groups is 1. The zero-order chi connectivity index (χ0) is 15.4. The number of amides is 1. The van der Waals surface area contributed by atoms with Crippen LogP contribution in [0.2, 0.25) is 0 Å². The molecule has 3 rings (SSSR count). The van der Waals surface area contributed by atoms with Crippen molar-refractivity contribution in [1.82, 2.24) is 14.8 Å². The molecule has 2 heterocycles. The highest BCUT2D eigenvalue weighted by Crippen LogP contribution is 2.20. The van der Waals surface area contributed by atoms with Crippen LogP contribution in [0.3, 0.4) is 0 Å². The van der Waals surface area contributed by atoms with Crippen LogP contribution in [-0.2, 0) is 17.8 Å². The summed E-state index contributed by atoms with van der Waals surface area (Å²) in [6.07, 6.45) is 2.09. The molecule has 1 aliphatic heterocycles. The Bertz CT molecular complexity index is 633. The first kappa shape index (κ1) is 14.9. The van der Waals surface area contributed by atoms with Gasteiger partial charge in [-0.25, -0.2) is 9.67 Å². The number of ether oxygens (including phenoxy) is 1. The molecule has 0 saturated carbocycles. The molecule has 0 bridgehead atoms. The predicted octanol–water partition coefficient (Wildman–Crippen LogP) is 2.35. The van der Waals surface area contributed by atoms with Crippen molar-refractivity contribution < 1.29 is 9.53 Å². The minimum atomic E-state index is -0.0656. The number of anilines is 1. The van der Waals surface area contributed by atoms with Gasteiger partial charge >= 0.3 is 0 Å². The number of rotatable bonds is 6. The summed E-state index contributed by atoms with van der Waals surface area (Å²) < 4.78 is 7.29. The van der Waals surface area contributed by atoms with E-state index in [-0.39, 0.29) is 5.91 Å². The zero-order valence-corrected chi connectivity index (χ0v) is 13.2. The summed E-state index contributed by atoms with van der Waals surface area (Å²) in [4.78, 5) is 16.4. The van der Waals surface area contributed by atoms with Gasteiger partial charge in [-0.15, -0.1) is 5.10 Å². The largest absolute Gasteiger partial charge is 0.494 e. The maximum absolute atomic E-state index is 11.9. The molecular formula is C15H18N4O2S. The van der Waals surface area contributed by atoms with Crippen molar-refractivity contribution in [1.29, 1.82) is 0 Å².